The maximum Gasteiger partial charge on any atom is 0.120 e. The van der Waals surface area contributed by atoms with Crippen LogP contribution in [-0.2, 0) is 0 Å². The number of halogens is 2. The minimum absolute atomic E-state index is 0.390. The van der Waals surface area contributed by atoms with Crippen molar-refractivity contribution in [2.24, 2.45) is 0 Å². The minimum Gasteiger partial charge on any atom is -0.382 e. The van der Waals surface area contributed by atoms with Gasteiger partial charge in [0.1, 0.15) is 6.10 Å². The average Bonchev–Trinajstić information content (AvgIpc) is 2.74. The maximum absolute atomic E-state index is 10.0. The number of hydrogen-bond donors (Lipinski definition) is 2. The standard InChI is InChI=1S/C11H9Cl2NO/c12-8-4-1-3-7(10(8)13)11(15)9-5-2-6-14-9/h1-6,11,14-15H. The smallest absolute Gasteiger partial charge is 0.120 e. The first kappa shape index (κ1) is 10.6. The van der Waals surface area contributed by atoms with E-state index in [9.17, 15) is 5.11 Å². The molecular weight excluding hydrogens is 233 g/mol. The number of H-pyrrole nitrogens is 1. The van der Waals surface area contributed by atoms with E-state index in [1.807, 2.05) is 6.07 Å². The van der Waals surface area contributed by atoms with E-state index < -0.39 is 6.10 Å². The summed E-state index contributed by atoms with van der Waals surface area (Å²) >= 11 is 11.9. The van der Waals surface area contributed by atoms with Crippen LogP contribution in [0.5, 0.6) is 0 Å². The first-order valence-corrected chi connectivity index (χ1v) is 5.21. The third kappa shape index (κ3) is 2.02. The first-order chi connectivity index (χ1) is 7.20. The van der Waals surface area contributed by atoms with Gasteiger partial charge in [-0.15, -0.1) is 0 Å². The molecule has 0 fully saturated rings. The third-order valence-corrected chi connectivity index (χ3v) is 3.03. The van der Waals surface area contributed by atoms with Crippen LogP contribution in [0.15, 0.2) is 36.5 Å². The van der Waals surface area contributed by atoms with Crippen molar-refractivity contribution >= 4 is 23.2 Å². The molecule has 78 valence electrons. The monoisotopic (exact) mass is 241 g/mol. The highest BCUT2D eigenvalue weighted by Crippen LogP contribution is 2.32. The lowest BCUT2D eigenvalue weighted by Crippen LogP contribution is -2.00. The lowest BCUT2D eigenvalue weighted by atomic mass is 10.1. The largest absolute Gasteiger partial charge is 0.382 e. The Balaban J connectivity index is 2.42. The second-order valence-corrected chi connectivity index (χ2v) is 3.96. The molecule has 2 aromatic rings. The molecule has 0 aliphatic rings. The fourth-order valence-corrected chi connectivity index (χ4v) is 1.82. The van der Waals surface area contributed by atoms with Crippen LogP contribution in [0.1, 0.15) is 17.4 Å². The summed E-state index contributed by atoms with van der Waals surface area (Å²) in [5.74, 6) is 0. The summed E-state index contributed by atoms with van der Waals surface area (Å²) in [6.07, 6.45) is 0.975. The molecule has 4 heteroatoms. The molecular formula is C11H9Cl2NO. The number of aliphatic hydroxyl groups excluding tert-OH is 1. The van der Waals surface area contributed by atoms with Gasteiger partial charge in [-0.05, 0) is 18.2 Å². The van der Waals surface area contributed by atoms with Crippen molar-refractivity contribution in [2.75, 3.05) is 0 Å². The summed E-state index contributed by atoms with van der Waals surface area (Å²) in [5, 5.41) is 10.8. The van der Waals surface area contributed by atoms with Crippen LogP contribution in [0.25, 0.3) is 0 Å². The van der Waals surface area contributed by atoms with Crippen LogP contribution < -0.4 is 0 Å². The molecule has 2 N–H and O–H groups in total. The predicted molar refractivity (Wildman–Crippen MR) is 61.3 cm³/mol. The number of aliphatic hydroxyl groups is 1. The number of nitrogens with one attached hydrogen (secondary N) is 1. The molecule has 0 spiro atoms. The Kier molecular flexibility index (Phi) is 3.00. The highest BCUT2D eigenvalue weighted by Gasteiger charge is 2.15. The summed E-state index contributed by atoms with van der Waals surface area (Å²) < 4.78 is 0. The second kappa shape index (κ2) is 4.27. The van der Waals surface area contributed by atoms with E-state index in [1.54, 1.807) is 30.5 Å². The van der Waals surface area contributed by atoms with E-state index in [0.29, 0.717) is 21.3 Å². The van der Waals surface area contributed by atoms with Gasteiger partial charge in [0.25, 0.3) is 0 Å². The van der Waals surface area contributed by atoms with E-state index in [2.05, 4.69) is 4.98 Å². The summed E-state index contributed by atoms with van der Waals surface area (Å²) in [5.41, 5.74) is 1.30. The lowest BCUT2D eigenvalue weighted by molar-refractivity contribution is 0.216. The van der Waals surface area contributed by atoms with Gasteiger partial charge in [0.2, 0.25) is 0 Å². The third-order valence-electron chi connectivity index (χ3n) is 2.19. The minimum atomic E-state index is -0.772. The van der Waals surface area contributed by atoms with Crippen LogP contribution in [0.3, 0.4) is 0 Å². The molecule has 0 saturated carbocycles. The van der Waals surface area contributed by atoms with Crippen molar-refractivity contribution in [2.45, 2.75) is 6.10 Å². The number of benzene rings is 1. The summed E-state index contributed by atoms with van der Waals surface area (Å²) in [6, 6.07) is 8.81. The molecule has 0 aliphatic carbocycles. The van der Waals surface area contributed by atoms with Crippen molar-refractivity contribution in [1.29, 1.82) is 0 Å². The van der Waals surface area contributed by atoms with E-state index in [4.69, 9.17) is 23.2 Å². The Bertz CT molecular complexity index is 454. The molecule has 0 radical (unpaired) electrons. The number of aromatic amines is 1. The van der Waals surface area contributed by atoms with Gasteiger partial charge in [-0.2, -0.15) is 0 Å². The molecule has 0 saturated heterocycles. The maximum atomic E-state index is 10.0. The predicted octanol–water partition coefficient (Wildman–Crippen LogP) is 3.40. The molecule has 1 heterocycles. The zero-order chi connectivity index (χ0) is 10.8. The number of aromatic nitrogens is 1. The van der Waals surface area contributed by atoms with Gasteiger partial charge in [-0.25, -0.2) is 0 Å². The van der Waals surface area contributed by atoms with E-state index >= 15 is 0 Å². The zero-order valence-electron chi connectivity index (χ0n) is 7.74. The van der Waals surface area contributed by atoms with E-state index in [0.717, 1.165) is 0 Å². The Morgan fingerprint density at radius 2 is 1.93 bits per heavy atom. The van der Waals surface area contributed by atoms with Gasteiger partial charge in [0.15, 0.2) is 0 Å². The molecule has 2 rings (SSSR count). The van der Waals surface area contributed by atoms with Crippen LogP contribution in [0.4, 0.5) is 0 Å². The molecule has 1 unspecified atom stereocenters. The van der Waals surface area contributed by atoms with Crippen molar-refractivity contribution in [3.8, 4) is 0 Å². The van der Waals surface area contributed by atoms with Gasteiger partial charge in [-0.3, -0.25) is 0 Å². The summed E-state index contributed by atoms with van der Waals surface area (Å²) in [7, 11) is 0. The lowest BCUT2D eigenvalue weighted by Gasteiger charge is -2.11. The van der Waals surface area contributed by atoms with E-state index in [-0.39, 0.29) is 0 Å². The Hall–Kier alpha value is -0.960. The highest BCUT2D eigenvalue weighted by molar-refractivity contribution is 6.42. The van der Waals surface area contributed by atoms with Crippen LogP contribution in [0.2, 0.25) is 10.0 Å². The van der Waals surface area contributed by atoms with E-state index in [1.165, 1.54) is 0 Å². The Morgan fingerprint density at radius 1 is 1.13 bits per heavy atom. The Morgan fingerprint density at radius 3 is 2.60 bits per heavy atom. The van der Waals surface area contributed by atoms with Crippen molar-refractivity contribution in [3.05, 3.63) is 57.8 Å². The second-order valence-electron chi connectivity index (χ2n) is 3.17. The highest BCUT2D eigenvalue weighted by atomic mass is 35.5. The fourth-order valence-electron chi connectivity index (χ4n) is 1.41. The fraction of sp³-hybridized carbons (Fsp3) is 0.0909. The average molecular weight is 242 g/mol. The molecule has 0 bridgehead atoms. The van der Waals surface area contributed by atoms with Gasteiger partial charge < -0.3 is 10.1 Å². The summed E-state index contributed by atoms with van der Waals surface area (Å²) in [6.45, 7) is 0. The quantitative estimate of drug-likeness (QED) is 0.831. The van der Waals surface area contributed by atoms with Gasteiger partial charge in [-0.1, -0.05) is 35.3 Å². The molecule has 0 aliphatic heterocycles. The molecule has 0 amide bonds. The normalized spacial score (nSPS) is 12.7. The number of rotatable bonds is 2. The Labute approximate surface area is 97.5 Å². The molecule has 1 atom stereocenters. The molecule has 2 nitrogen and oxygen atoms in total. The van der Waals surface area contributed by atoms with Crippen molar-refractivity contribution in [3.63, 3.8) is 0 Å². The topological polar surface area (TPSA) is 36.0 Å². The molecule has 1 aromatic heterocycles. The number of hydrogen-bond acceptors (Lipinski definition) is 1. The van der Waals surface area contributed by atoms with Gasteiger partial charge in [0, 0.05) is 17.5 Å². The molecule has 15 heavy (non-hydrogen) atoms. The zero-order valence-corrected chi connectivity index (χ0v) is 9.26. The van der Waals surface area contributed by atoms with Crippen LogP contribution in [-0.4, -0.2) is 10.1 Å². The summed E-state index contributed by atoms with van der Waals surface area (Å²) in [4.78, 5) is 2.93. The van der Waals surface area contributed by atoms with Crippen molar-refractivity contribution < 1.29 is 5.11 Å². The first-order valence-electron chi connectivity index (χ1n) is 4.45. The van der Waals surface area contributed by atoms with Gasteiger partial charge in [0.05, 0.1) is 10.0 Å². The SMILES string of the molecule is OC(c1ccc[nH]1)c1cccc(Cl)c1Cl. The van der Waals surface area contributed by atoms with Crippen LogP contribution >= 0.6 is 23.2 Å². The molecule has 1 aromatic carbocycles. The van der Waals surface area contributed by atoms with Gasteiger partial charge >= 0.3 is 0 Å². The van der Waals surface area contributed by atoms with Crippen LogP contribution in [0, 0.1) is 0 Å². The van der Waals surface area contributed by atoms with Crippen molar-refractivity contribution in [1.82, 2.24) is 4.98 Å².